The molecule has 3 rings (SSSR count). The maximum atomic E-state index is 12.3. The number of quaternary nitrogens is 1. The maximum Gasteiger partial charge on any atom is 0.279 e. The fourth-order valence-electron chi connectivity index (χ4n) is 2.98. The second-order valence-electron chi connectivity index (χ2n) is 5.63. The highest BCUT2D eigenvalue weighted by Crippen LogP contribution is 2.24. The quantitative estimate of drug-likeness (QED) is 0.904. The second-order valence-corrected chi connectivity index (χ2v) is 6.63. The molecule has 4 nitrogen and oxygen atoms in total. The summed E-state index contributed by atoms with van der Waals surface area (Å²) in [7, 11) is 1.63. The van der Waals surface area contributed by atoms with E-state index in [1.54, 1.807) is 7.11 Å². The molecular formula is C17H21N2O2S+. The van der Waals surface area contributed by atoms with Gasteiger partial charge in [-0.05, 0) is 42.6 Å². The molecule has 116 valence electrons. The molecule has 0 radical (unpaired) electrons. The number of carbonyl (C=O) groups is 1. The van der Waals surface area contributed by atoms with Crippen LogP contribution in [0.15, 0.2) is 35.7 Å². The van der Waals surface area contributed by atoms with Gasteiger partial charge in [0.2, 0.25) is 0 Å². The minimum absolute atomic E-state index is 0.0608. The van der Waals surface area contributed by atoms with Gasteiger partial charge in [-0.1, -0.05) is 0 Å². The molecule has 1 aromatic carbocycles. The first-order valence-electron chi connectivity index (χ1n) is 7.52. The average molecular weight is 317 g/mol. The summed E-state index contributed by atoms with van der Waals surface area (Å²) in [5, 5.41) is 5.12. The lowest BCUT2D eigenvalue weighted by Crippen LogP contribution is -3.14. The van der Waals surface area contributed by atoms with Crippen LogP contribution in [0.2, 0.25) is 0 Å². The van der Waals surface area contributed by atoms with E-state index in [-0.39, 0.29) is 5.91 Å². The molecule has 0 fully saturated rings. The van der Waals surface area contributed by atoms with Gasteiger partial charge in [-0.25, -0.2) is 0 Å². The Morgan fingerprint density at radius 2 is 2.14 bits per heavy atom. The summed E-state index contributed by atoms with van der Waals surface area (Å²) in [6.45, 7) is 3.73. The minimum atomic E-state index is 0.0608. The van der Waals surface area contributed by atoms with Crippen LogP contribution in [0.5, 0.6) is 5.75 Å². The summed E-state index contributed by atoms with van der Waals surface area (Å²) < 4.78 is 5.12. The normalized spacial score (nSPS) is 20.3. The molecule has 2 N–H and O–H groups in total. The standard InChI is InChI=1S/C17H20N2O2S/c1-12-15-8-10-22-16(15)7-9-19(12)11-17(20)18-13-3-5-14(21-2)6-4-13/h3-6,8,10,12H,7,9,11H2,1-2H3,(H,18,20)/p+1/t12-/m0/s1. The minimum Gasteiger partial charge on any atom is -0.497 e. The lowest BCUT2D eigenvalue weighted by atomic mass is 10.0. The van der Waals surface area contributed by atoms with Gasteiger partial charge >= 0.3 is 0 Å². The first-order valence-corrected chi connectivity index (χ1v) is 8.40. The molecule has 1 aliphatic rings. The summed E-state index contributed by atoms with van der Waals surface area (Å²) in [6, 6.07) is 10.0. The number of rotatable bonds is 4. The molecule has 0 saturated carbocycles. The molecule has 0 saturated heterocycles. The van der Waals surface area contributed by atoms with E-state index < -0.39 is 0 Å². The third kappa shape index (κ3) is 3.15. The van der Waals surface area contributed by atoms with Gasteiger partial charge in [0, 0.05) is 22.5 Å². The van der Waals surface area contributed by atoms with Crippen molar-refractivity contribution in [2.24, 2.45) is 0 Å². The molecule has 2 aromatic rings. The number of thiophene rings is 1. The van der Waals surface area contributed by atoms with Crippen molar-refractivity contribution >= 4 is 22.9 Å². The highest BCUT2D eigenvalue weighted by Gasteiger charge is 2.29. The zero-order valence-electron chi connectivity index (χ0n) is 12.9. The molecule has 1 aliphatic heterocycles. The van der Waals surface area contributed by atoms with Crippen molar-refractivity contribution in [3.63, 3.8) is 0 Å². The first kappa shape index (κ1) is 15.1. The van der Waals surface area contributed by atoms with Crippen LogP contribution < -0.4 is 15.0 Å². The topological polar surface area (TPSA) is 42.8 Å². The average Bonchev–Trinajstić information content (AvgIpc) is 3.00. The van der Waals surface area contributed by atoms with E-state index in [2.05, 4.69) is 23.7 Å². The van der Waals surface area contributed by atoms with E-state index in [1.165, 1.54) is 15.3 Å². The lowest BCUT2D eigenvalue weighted by molar-refractivity contribution is -0.923. The molecule has 1 unspecified atom stereocenters. The van der Waals surface area contributed by atoms with Gasteiger partial charge in [0.25, 0.3) is 5.91 Å². The van der Waals surface area contributed by atoms with Gasteiger partial charge in [0.15, 0.2) is 6.54 Å². The predicted octanol–water partition coefficient (Wildman–Crippen LogP) is 1.90. The summed E-state index contributed by atoms with van der Waals surface area (Å²) in [5.74, 6) is 0.851. The number of carbonyl (C=O) groups excluding carboxylic acids is 1. The van der Waals surface area contributed by atoms with Gasteiger partial charge in [-0.3, -0.25) is 4.79 Å². The van der Waals surface area contributed by atoms with Crippen LogP contribution >= 0.6 is 11.3 Å². The Morgan fingerprint density at radius 1 is 1.36 bits per heavy atom. The molecule has 5 heteroatoms. The Hall–Kier alpha value is -1.85. The smallest absolute Gasteiger partial charge is 0.279 e. The van der Waals surface area contributed by atoms with Crippen molar-refractivity contribution in [1.82, 2.24) is 0 Å². The highest BCUT2D eigenvalue weighted by atomic mass is 32.1. The number of benzene rings is 1. The molecule has 0 aliphatic carbocycles. The van der Waals surface area contributed by atoms with E-state index in [0.29, 0.717) is 12.6 Å². The SMILES string of the molecule is COc1ccc(NC(=O)C[NH+]2CCc3sccc3[C@@H]2C)cc1. The summed E-state index contributed by atoms with van der Waals surface area (Å²) in [5.41, 5.74) is 2.22. The number of fused-ring (bicyclic) bond motifs is 1. The van der Waals surface area contributed by atoms with Crippen molar-refractivity contribution in [3.05, 3.63) is 46.2 Å². The molecule has 2 atom stereocenters. The fourth-order valence-corrected chi connectivity index (χ4v) is 3.96. The van der Waals surface area contributed by atoms with E-state index in [0.717, 1.165) is 24.4 Å². The number of hydrogen-bond donors (Lipinski definition) is 2. The third-order valence-corrected chi connectivity index (χ3v) is 5.29. The summed E-state index contributed by atoms with van der Waals surface area (Å²) >= 11 is 1.83. The van der Waals surface area contributed by atoms with E-state index in [9.17, 15) is 4.79 Å². The molecule has 2 heterocycles. The number of ether oxygens (including phenoxy) is 1. The van der Waals surface area contributed by atoms with Crippen LogP contribution in [-0.2, 0) is 11.2 Å². The van der Waals surface area contributed by atoms with Crippen LogP contribution in [0.4, 0.5) is 5.69 Å². The van der Waals surface area contributed by atoms with Crippen molar-refractivity contribution in [3.8, 4) is 5.75 Å². The third-order valence-electron chi connectivity index (χ3n) is 4.29. The fraction of sp³-hybridized carbons (Fsp3) is 0.353. The van der Waals surface area contributed by atoms with Gasteiger partial charge in [0.1, 0.15) is 11.8 Å². The Kier molecular flexibility index (Phi) is 4.45. The number of hydrogen-bond acceptors (Lipinski definition) is 3. The predicted molar refractivity (Wildman–Crippen MR) is 88.8 cm³/mol. The van der Waals surface area contributed by atoms with E-state index >= 15 is 0 Å². The van der Waals surface area contributed by atoms with E-state index in [4.69, 9.17) is 4.74 Å². The molecule has 1 amide bonds. The van der Waals surface area contributed by atoms with E-state index in [1.807, 2.05) is 35.6 Å². The molecule has 22 heavy (non-hydrogen) atoms. The Bertz CT molecular complexity index is 651. The number of nitrogens with one attached hydrogen (secondary N) is 2. The summed E-state index contributed by atoms with van der Waals surface area (Å²) in [4.78, 5) is 15.1. The van der Waals surface area contributed by atoms with Gasteiger partial charge < -0.3 is 15.0 Å². The van der Waals surface area contributed by atoms with Crippen LogP contribution in [-0.4, -0.2) is 26.1 Å². The Balaban J connectivity index is 1.60. The van der Waals surface area contributed by atoms with Crippen molar-refractivity contribution in [2.75, 3.05) is 25.5 Å². The first-order chi connectivity index (χ1) is 10.7. The number of anilines is 1. The van der Waals surface area contributed by atoms with Crippen LogP contribution in [0, 0.1) is 0 Å². The van der Waals surface area contributed by atoms with Crippen LogP contribution in [0.25, 0.3) is 0 Å². The second kappa shape index (κ2) is 6.50. The zero-order chi connectivity index (χ0) is 15.5. The molecule has 0 spiro atoms. The largest absolute Gasteiger partial charge is 0.497 e. The number of methoxy groups -OCH3 is 1. The molecule has 1 aromatic heterocycles. The Labute approximate surface area is 134 Å². The van der Waals surface area contributed by atoms with Gasteiger partial charge in [-0.2, -0.15) is 0 Å². The Morgan fingerprint density at radius 3 is 2.86 bits per heavy atom. The maximum absolute atomic E-state index is 12.3. The number of amides is 1. The monoisotopic (exact) mass is 317 g/mol. The molecular weight excluding hydrogens is 296 g/mol. The van der Waals surface area contributed by atoms with Crippen molar-refractivity contribution < 1.29 is 14.4 Å². The van der Waals surface area contributed by atoms with Crippen LogP contribution in [0.3, 0.4) is 0 Å². The van der Waals surface area contributed by atoms with Crippen molar-refractivity contribution in [2.45, 2.75) is 19.4 Å². The summed E-state index contributed by atoms with van der Waals surface area (Å²) in [6.07, 6.45) is 1.07. The lowest BCUT2D eigenvalue weighted by Gasteiger charge is -2.29. The van der Waals surface area contributed by atoms with Gasteiger partial charge in [-0.15, -0.1) is 11.3 Å². The zero-order valence-corrected chi connectivity index (χ0v) is 13.7. The highest BCUT2D eigenvalue weighted by molar-refractivity contribution is 7.10. The van der Waals surface area contributed by atoms with Gasteiger partial charge in [0.05, 0.1) is 13.7 Å². The van der Waals surface area contributed by atoms with Crippen LogP contribution in [0.1, 0.15) is 23.4 Å². The van der Waals surface area contributed by atoms with Crippen molar-refractivity contribution in [1.29, 1.82) is 0 Å². The molecule has 0 bridgehead atoms.